The van der Waals surface area contributed by atoms with Crippen LogP contribution in [0.4, 0.5) is 5.69 Å². The summed E-state index contributed by atoms with van der Waals surface area (Å²) < 4.78 is 0. The maximum absolute atomic E-state index is 11.5. The molecule has 3 nitrogen and oxygen atoms in total. The summed E-state index contributed by atoms with van der Waals surface area (Å²) in [6.07, 6.45) is 0.438. The number of thiophene rings is 1. The van der Waals surface area contributed by atoms with Crippen LogP contribution in [0, 0.1) is 6.92 Å². The maximum Gasteiger partial charge on any atom is 0.224 e. The lowest BCUT2D eigenvalue weighted by atomic mass is 10.1. The number of benzene rings is 1. The Kier molecular flexibility index (Phi) is 5.39. The highest BCUT2D eigenvalue weighted by atomic mass is 32.1. The van der Waals surface area contributed by atoms with Gasteiger partial charge in [-0.2, -0.15) is 0 Å². The molecule has 0 aliphatic heterocycles. The van der Waals surface area contributed by atoms with E-state index in [1.54, 1.807) is 11.3 Å². The fourth-order valence-corrected chi connectivity index (χ4v) is 3.24. The highest BCUT2D eigenvalue weighted by Crippen LogP contribution is 2.26. The molecule has 0 saturated heterocycles. The third-order valence-electron chi connectivity index (χ3n) is 3.37. The van der Waals surface area contributed by atoms with Gasteiger partial charge in [0.2, 0.25) is 5.91 Å². The molecule has 2 N–H and O–H groups in total. The SMILES string of the molecule is CCNC(=O)Cc1ccc(NC(C)c2sccc2C)cc1. The van der Waals surface area contributed by atoms with Gasteiger partial charge in [0.05, 0.1) is 12.5 Å². The maximum atomic E-state index is 11.5. The number of nitrogens with one attached hydrogen (secondary N) is 2. The van der Waals surface area contributed by atoms with Gasteiger partial charge >= 0.3 is 0 Å². The Balaban J connectivity index is 1.96. The molecule has 0 radical (unpaired) electrons. The van der Waals surface area contributed by atoms with Crippen LogP contribution in [0.15, 0.2) is 35.7 Å². The van der Waals surface area contributed by atoms with Gasteiger partial charge in [0, 0.05) is 17.1 Å². The van der Waals surface area contributed by atoms with Gasteiger partial charge in [0.1, 0.15) is 0 Å². The molecule has 2 rings (SSSR count). The Morgan fingerprint density at radius 2 is 1.95 bits per heavy atom. The van der Waals surface area contributed by atoms with E-state index in [1.165, 1.54) is 10.4 Å². The zero-order valence-corrected chi connectivity index (χ0v) is 13.6. The van der Waals surface area contributed by atoms with Crippen LogP contribution < -0.4 is 10.6 Å². The standard InChI is InChI=1S/C17H22N2OS/c1-4-18-16(20)11-14-5-7-15(8-6-14)19-13(3)17-12(2)9-10-21-17/h5-10,13,19H,4,11H2,1-3H3,(H,18,20). The number of likely N-dealkylation sites (N-methyl/N-ethyl adjacent to an activating group) is 1. The van der Waals surface area contributed by atoms with Crippen LogP contribution in [0.3, 0.4) is 0 Å². The molecule has 0 spiro atoms. The van der Waals surface area contributed by atoms with Gasteiger partial charge in [-0.15, -0.1) is 11.3 Å². The Bertz CT molecular complexity index is 589. The molecule has 112 valence electrons. The summed E-state index contributed by atoms with van der Waals surface area (Å²) in [5.74, 6) is 0.0702. The number of hydrogen-bond acceptors (Lipinski definition) is 3. The lowest BCUT2D eigenvalue weighted by molar-refractivity contribution is -0.120. The largest absolute Gasteiger partial charge is 0.378 e. The van der Waals surface area contributed by atoms with Crippen molar-refractivity contribution in [3.63, 3.8) is 0 Å². The molecule has 1 aromatic carbocycles. The number of rotatable bonds is 6. The van der Waals surface area contributed by atoms with Crippen LogP contribution >= 0.6 is 11.3 Å². The molecule has 0 aliphatic carbocycles. The van der Waals surface area contributed by atoms with Crippen molar-refractivity contribution in [3.05, 3.63) is 51.7 Å². The first-order chi connectivity index (χ1) is 10.1. The molecular weight excluding hydrogens is 280 g/mol. The van der Waals surface area contributed by atoms with E-state index in [0.717, 1.165) is 11.3 Å². The molecule has 1 heterocycles. The van der Waals surface area contributed by atoms with E-state index in [-0.39, 0.29) is 5.91 Å². The van der Waals surface area contributed by atoms with E-state index in [9.17, 15) is 4.79 Å². The molecule has 0 fully saturated rings. The van der Waals surface area contributed by atoms with Crippen molar-refractivity contribution < 1.29 is 4.79 Å². The van der Waals surface area contributed by atoms with Gasteiger partial charge in [-0.25, -0.2) is 0 Å². The Hall–Kier alpha value is -1.81. The topological polar surface area (TPSA) is 41.1 Å². The first-order valence-corrected chi connectivity index (χ1v) is 8.14. The lowest BCUT2D eigenvalue weighted by Gasteiger charge is -2.15. The first kappa shape index (κ1) is 15.6. The van der Waals surface area contributed by atoms with Crippen molar-refractivity contribution in [1.29, 1.82) is 0 Å². The Labute approximate surface area is 130 Å². The van der Waals surface area contributed by atoms with Gasteiger partial charge in [-0.05, 0) is 55.5 Å². The molecule has 1 atom stereocenters. The van der Waals surface area contributed by atoms with Gasteiger partial charge < -0.3 is 10.6 Å². The number of carbonyl (C=O) groups excluding carboxylic acids is 1. The first-order valence-electron chi connectivity index (χ1n) is 7.26. The molecule has 1 unspecified atom stereocenters. The molecule has 0 aliphatic rings. The van der Waals surface area contributed by atoms with E-state index in [0.29, 0.717) is 19.0 Å². The van der Waals surface area contributed by atoms with Crippen molar-refractivity contribution >= 4 is 22.9 Å². The Morgan fingerprint density at radius 1 is 1.24 bits per heavy atom. The van der Waals surface area contributed by atoms with E-state index >= 15 is 0 Å². The van der Waals surface area contributed by atoms with Gasteiger partial charge in [0.25, 0.3) is 0 Å². The van der Waals surface area contributed by atoms with Gasteiger partial charge in [0.15, 0.2) is 0 Å². The second-order valence-electron chi connectivity index (χ2n) is 5.16. The van der Waals surface area contributed by atoms with Crippen molar-refractivity contribution in [2.45, 2.75) is 33.2 Å². The van der Waals surface area contributed by atoms with Crippen LogP contribution in [-0.2, 0) is 11.2 Å². The van der Waals surface area contributed by atoms with Crippen LogP contribution in [0.25, 0.3) is 0 Å². The third-order valence-corrected chi connectivity index (χ3v) is 4.57. The van der Waals surface area contributed by atoms with Gasteiger partial charge in [-0.1, -0.05) is 12.1 Å². The van der Waals surface area contributed by atoms with Crippen LogP contribution in [0.5, 0.6) is 0 Å². The highest BCUT2D eigenvalue weighted by Gasteiger charge is 2.09. The van der Waals surface area contributed by atoms with E-state index in [2.05, 4.69) is 35.9 Å². The van der Waals surface area contributed by atoms with E-state index in [1.807, 2.05) is 31.2 Å². The summed E-state index contributed by atoms with van der Waals surface area (Å²) in [4.78, 5) is 12.9. The number of hydrogen-bond donors (Lipinski definition) is 2. The zero-order valence-electron chi connectivity index (χ0n) is 12.8. The van der Waals surface area contributed by atoms with E-state index in [4.69, 9.17) is 0 Å². The molecular formula is C17H22N2OS. The molecule has 4 heteroatoms. The van der Waals surface area contributed by atoms with Crippen LogP contribution in [-0.4, -0.2) is 12.5 Å². The fourth-order valence-electron chi connectivity index (χ4n) is 2.31. The Morgan fingerprint density at radius 3 is 2.52 bits per heavy atom. The van der Waals surface area contributed by atoms with E-state index < -0.39 is 0 Å². The number of aryl methyl sites for hydroxylation is 1. The predicted octanol–water partition coefficient (Wildman–Crippen LogP) is 3.91. The molecule has 1 aromatic heterocycles. The normalized spacial score (nSPS) is 12.0. The quantitative estimate of drug-likeness (QED) is 0.849. The average Bonchev–Trinajstić information content (AvgIpc) is 2.87. The van der Waals surface area contributed by atoms with Crippen LogP contribution in [0.2, 0.25) is 0 Å². The van der Waals surface area contributed by atoms with Gasteiger partial charge in [-0.3, -0.25) is 4.79 Å². The van der Waals surface area contributed by atoms with Crippen molar-refractivity contribution in [1.82, 2.24) is 5.32 Å². The summed E-state index contributed by atoms with van der Waals surface area (Å²) in [5.41, 5.74) is 3.44. The minimum absolute atomic E-state index is 0.0702. The summed E-state index contributed by atoms with van der Waals surface area (Å²) in [6.45, 7) is 6.91. The molecule has 1 amide bonds. The smallest absolute Gasteiger partial charge is 0.224 e. The average molecular weight is 302 g/mol. The second kappa shape index (κ2) is 7.27. The molecule has 21 heavy (non-hydrogen) atoms. The van der Waals surface area contributed by atoms with Crippen molar-refractivity contribution in [3.8, 4) is 0 Å². The van der Waals surface area contributed by atoms with Crippen molar-refractivity contribution in [2.24, 2.45) is 0 Å². The molecule has 0 saturated carbocycles. The number of amides is 1. The molecule has 2 aromatic rings. The minimum Gasteiger partial charge on any atom is -0.378 e. The summed E-state index contributed by atoms with van der Waals surface area (Å²) in [5, 5.41) is 8.44. The zero-order chi connectivity index (χ0) is 15.2. The predicted molar refractivity (Wildman–Crippen MR) is 89.9 cm³/mol. The summed E-state index contributed by atoms with van der Waals surface area (Å²) in [6, 6.07) is 10.5. The number of carbonyl (C=O) groups is 1. The summed E-state index contributed by atoms with van der Waals surface area (Å²) in [7, 11) is 0. The minimum atomic E-state index is 0.0702. The molecule has 0 bridgehead atoms. The number of anilines is 1. The summed E-state index contributed by atoms with van der Waals surface area (Å²) >= 11 is 1.78. The van der Waals surface area contributed by atoms with Crippen LogP contribution in [0.1, 0.15) is 35.9 Å². The second-order valence-corrected chi connectivity index (χ2v) is 6.11. The lowest BCUT2D eigenvalue weighted by Crippen LogP contribution is -2.24. The fraction of sp³-hybridized carbons (Fsp3) is 0.353. The highest BCUT2D eigenvalue weighted by molar-refractivity contribution is 7.10. The third kappa shape index (κ3) is 4.33. The monoisotopic (exact) mass is 302 g/mol. The van der Waals surface area contributed by atoms with Crippen molar-refractivity contribution in [2.75, 3.05) is 11.9 Å².